The van der Waals surface area contributed by atoms with E-state index in [0.29, 0.717) is 5.56 Å². The summed E-state index contributed by atoms with van der Waals surface area (Å²) in [6.45, 7) is 1.86. The Morgan fingerprint density at radius 1 is 1.07 bits per heavy atom. The van der Waals surface area contributed by atoms with E-state index in [0.717, 1.165) is 16.7 Å². The minimum atomic E-state index is -0.589. The Balaban J connectivity index is 1.74. The molecule has 0 bridgehead atoms. The van der Waals surface area contributed by atoms with E-state index in [2.05, 4.69) is 10.1 Å². The van der Waals surface area contributed by atoms with Crippen molar-refractivity contribution in [1.29, 1.82) is 0 Å². The molecule has 0 fully saturated rings. The molecular formula is C21H21NO5. The second-order valence-corrected chi connectivity index (χ2v) is 5.82. The highest BCUT2D eigenvalue weighted by molar-refractivity contribution is 5.90. The van der Waals surface area contributed by atoms with Gasteiger partial charge in [0, 0.05) is 12.6 Å². The van der Waals surface area contributed by atoms with E-state index >= 15 is 0 Å². The first-order valence-corrected chi connectivity index (χ1v) is 8.33. The van der Waals surface area contributed by atoms with Gasteiger partial charge >= 0.3 is 11.9 Å². The molecule has 0 atom stereocenters. The predicted molar refractivity (Wildman–Crippen MR) is 101 cm³/mol. The van der Waals surface area contributed by atoms with Crippen LogP contribution in [0.5, 0.6) is 0 Å². The Morgan fingerprint density at radius 3 is 2.48 bits per heavy atom. The molecule has 0 aromatic heterocycles. The lowest BCUT2D eigenvalue weighted by molar-refractivity contribution is -0.143. The summed E-state index contributed by atoms with van der Waals surface area (Å²) in [5, 5.41) is 2.64. The molecule has 2 aromatic carbocycles. The van der Waals surface area contributed by atoms with E-state index in [9.17, 15) is 14.4 Å². The van der Waals surface area contributed by atoms with Crippen molar-refractivity contribution in [2.75, 3.05) is 13.7 Å². The van der Waals surface area contributed by atoms with Crippen molar-refractivity contribution in [3.63, 3.8) is 0 Å². The highest BCUT2D eigenvalue weighted by Gasteiger charge is 2.07. The fraction of sp³-hybridized carbons (Fsp3) is 0.190. The van der Waals surface area contributed by atoms with Crippen molar-refractivity contribution in [3.05, 3.63) is 76.9 Å². The average molecular weight is 367 g/mol. The molecule has 2 rings (SSSR count). The zero-order valence-electron chi connectivity index (χ0n) is 15.2. The van der Waals surface area contributed by atoms with Crippen LogP contribution >= 0.6 is 0 Å². The van der Waals surface area contributed by atoms with Crippen LogP contribution in [-0.4, -0.2) is 31.6 Å². The third kappa shape index (κ3) is 6.78. The summed E-state index contributed by atoms with van der Waals surface area (Å²) in [6.07, 6.45) is 2.92. The maximum absolute atomic E-state index is 11.8. The van der Waals surface area contributed by atoms with E-state index in [1.165, 1.54) is 13.2 Å². The van der Waals surface area contributed by atoms with Gasteiger partial charge in [-0.2, -0.15) is 0 Å². The van der Waals surface area contributed by atoms with Crippen molar-refractivity contribution >= 4 is 23.9 Å². The number of carbonyl (C=O) groups excluding carboxylic acids is 3. The standard InChI is InChI=1S/C21H21NO5/c1-15-4-3-5-16(12-15)8-11-20(24)27-14-19(23)22-13-17-6-9-18(10-7-17)21(25)26-2/h3-12H,13-14H2,1-2H3,(H,22,23)/b11-8+. The fourth-order valence-corrected chi connectivity index (χ4v) is 2.25. The van der Waals surface area contributed by atoms with Gasteiger partial charge < -0.3 is 14.8 Å². The first kappa shape index (κ1) is 19.9. The molecule has 0 unspecified atom stereocenters. The molecule has 6 heteroatoms. The van der Waals surface area contributed by atoms with Crippen LogP contribution in [0, 0.1) is 6.92 Å². The maximum Gasteiger partial charge on any atom is 0.337 e. The topological polar surface area (TPSA) is 81.7 Å². The van der Waals surface area contributed by atoms with E-state index in [1.54, 1.807) is 30.3 Å². The molecule has 6 nitrogen and oxygen atoms in total. The first-order valence-electron chi connectivity index (χ1n) is 8.33. The molecule has 1 N–H and O–H groups in total. The molecular weight excluding hydrogens is 346 g/mol. The first-order chi connectivity index (χ1) is 13.0. The molecule has 0 radical (unpaired) electrons. The smallest absolute Gasteiger partial charge is 0.337 e. The molecule has 0 aliphatic carbocycles. The van der Waals surface area contributed by atoms with Crippen LogP contribution in [0.3, 0.4) is 0 Å². The number of aryl methyl sites for hydroxylation is 1. The third-order valence-electron chi connectivity index (χ3n) is 3.66. The Morgan fingerprint density at radius 2 is 1.81 bits per heavy atom. The minimum Gasteiger partial charge on any atom is -0.465 e. The largest absolute Gasteiger partial charge is 0.465 e. The maximum atomic E-state index is 11.8. The van der Waals surface area contributed by atoms with Crippen molar-refractivity contribution in [2.24, 2.45) is 0 Å². The second kappa shape index (κ2) is 9.91. The number of rotatable bonds is 7. The zero-order chi connectivity index (χ0) is 19.6. The van der Waals surface area contributed by atoms with E-state index in [-0.39, 0.29) is 13.2 Å². The van der Waals surface area contributed by atoms with Gasteiger partial charge in [0.2, 0.25) is 0 Å². The Hall–Kier alpha value is -3.41. The Labute approximate surface area is 157 Å². The van der Waals surface area contributed by atoms with Crippen LogP contribution in [0.25, 0.3) is 6.08 Å². The summed E-state index contributed by atoms with van der Waals surface area (Å²) >= 11 is 0. The highest BCUT2D eigenvalue weighted by atomic mass is 16.5. The second-order valence-electron chi connectivity index (χ2n) is 5.82. The quantitative estimate of drug-likeness (QED) is 0.601. The van der Waals surface area contributed by atoms with E-state index in [4.69, 9.17) is 4.74 Å². The fourth-order valence-electron chi connectivity index (χ4n) is 2.25. The van der Waals surface area contributed by atoms with E-state index < -0.39 is 17.8 Å². The average Bonchev–Trinajstić information content (AvgIpc) is 2.69. The van der Waals surface area contributed by atoms with E-state index in [1.807, 2.05) is 31.2 Å². The zero-order valence-corrected chi connectivity index (χ0v) is 15.2. The number of hydrogen-bond acceptors (Lipinski definition) is 5. The molecule has 27 heavy (non-hydrogen) atoms. The van der Waals surface area contributed by atoms with Crippen molar-refractivity contribution in [3.8, 4) is 0 Å². The van der Waals surface area contributed by atoms with Gasteiger partial charge in [0.15, 0.2) is 6.61 Å². The van der Waals surface area contributed by atoms with Gasteiger partial charge in [0.1, 0.15) is 0 Å². The van der Waals surface area contributed by atoms with Gasteiger partial charge in [-0.15, -0.1) is 0 Å². The van der Waals surface area contributed by atoms with Crippen LogP contribution in [-0.2, 0) is 25.6 Å². The molecule has 0 heterocycles. The van der Waals surface area contributed by atoms with Crippen LogP contribution in [0.15, 0.2) is 54.6 Å². The number of ether oxygens (including phenoxy) is 2. The number of carbonyl (C=O) groups is 3. The van der Waals surface area contributed by atoms with Crippen LogP contribution in [0.2, 0.25) is 0 Å². The van der Waals surface area contributed by atoms with Gasteiger partial charge in [-0.25, -0.2) is 9.59 Å². The number of amides is 1. The van der Waals surface area contributed by atoms with Crippen molar-refractivity contribution in [2.45, 2.75) is 13.5 Å². The van der Waals surface area contributed by atoms with Crippen LogP contribution < -0.4 is 5.32 Å². The van der Waals surface area contributed by atoms with Gasteiger partial charge in [-0.3, -0.25) is 4.79 Å². The Bertz CT molecular complexity index is 840. The predicted octanol–water partition coefficient (Wildman–Crippen LogP) is 2.65. The summed E-state index contributed by atoms with van der Waals surface area (Å²) in [5.74, 6) is -1.42. The van der Waals surface area contributed by atoms with Gasteiger partial charge in [-0.05, 0) is 36.3 Å². The molecule has 2 aromatic rings. The highest BCUT2D eigenvalue weighted by Crippen LogP contribution is 2.06. The molecule has 1 amide bonds. The number of methoxy groups -OCH3 is 1. The molecule has 0 aliphatic heterocycles. The minimum absolute atomic E-state index is 0.261. The third-order valence-corrected chi connectivity index (χ3v) is 3.66. The molecule has 0 aliphatic rings. The van der Waals surface area contributed by atoms with Crippen molar-refractivity contribution in [1.82, 2.24) is 5.32 Å². The SMILES string of the molecule is COC(=O)c1ccc(CNC(=O)COC(=O)/C=C/c2cccc(C)c2)cc1. The normalized spacial score (nSPS) is 10.4. The summed E-state index contributed by atoms with van der Waals surface area (Å²) < 4.78 is 9.53. The van der Waals surface area contributed by atoms with Gasteiger partial charge in [-0.1, -0.05) is 42.0 Å². The summed E-state index contributed by atoms with van der Waals surface area (Å²) in [5.41, 5.74) is 3.21. The lowest BCUT2D eigenvalue weighted by atomic mass is 10.1. The molecule has 140 valence electrons. The molecule has 0 spiro atoms. The number of esters is 2. The lowest BCUT2D eigenvalue weighted by Gasteiger charge is -2.06. The monoisotopic (exact) mass is 367 g/mol. The number of nitrogens with one attached hydrogen (secondary N) is 1. The molecule has 0 saturated heterocycles. The molecule has 0 saturated carbocycles. The summed E-state index contributed by atoms with van der Waals surface area (Å²) in [4.78, 5) is 34.8. The number of hydrogen-bond donors (Lipinski definition) is 1. The van der Waals surface area contributed by atoms with Crippen LogP contribution in [0.4, 0.5) is 0 Å². The van der Waals surface area contributed by atoms with Gasteiger partial charge in [0.25, 0.3) is 5.91 Å². The summed E-state index contributed by atoms with van der Waals surface area (Å²) in [7, 11) is 1.31. The van der Waals surface area contributed by atoms with Crippen molar-refractivity contribution < 1.29 is 23.9 Å². The Kier molecular flexibility index (Phi) is 7.31. The van der Waals surface area contributed by atoms with Crippen LogP contribution in [0.1, 0.15) is 27.0 Å². The summed E-state index contributed by atoms with van der Waals surface area (Å²) in [6, 6.07) is 14.3. The van der Waals surface area contributed by atoms with Gasteiger partial charge in [0.05, 0.1) is 12.7 Å². The number of benzene rings is 2. The lowest BCUT2D eigenvalue weighted by Crippen LogP contribution is -2.28.